The van der Waals surface area contributed by atoms with Gasteiger partial charge in [-0.15, -0.1) is 0 Å². The second-order valence-electron chi connectivity index (χ2n) is 4.36. The molecular weight excluding hydrogens is 220 g/mol. The Morgan fingerprint density at radius 2 is 1.61 bits per heavy atom. The molecule has 0 aromatic heterocycles. The summed E-state index contributed by atoms with van der Waals surface area (Å²) >= 11 is 0. The molecule has 0 N–H and O–H groups in total. The van der Waals surface area contributed by atoms with Crippen molar-refractivity contribution in [2.24, 2.45) is 0 Å². The molecule has 0 radical (unpaired) electrons. The average Bonchev–Trinajstić information content (AvgIpc) is 2.47. The van der Waals surface area contributed by atoms with Crippen molar-refractivity contribution in [3.63, 3.8) is 0 Å². The largest absolute Gasteiger partial charge is 0.368 e. The lowest BCUT2D eigenvalue weighted by Crippen LogP contribution is -2.21. The third kappa shape index (κ3) is 2.52. The van der Waals surface area contributed by atoms with Crippen LogP contribution in [0.2, 0.25) is 0 Å². The van der Waals surface area contributed by atoms with Gasteiger partial charge in [-0.1, -0.05) is 30.3 Å². The maximum atomic E-state index is 8.79. The van der Waals surface area contributed by atoms with Crippen LogP contribution in [0.1, 0.15) is 24.1 Å². The van der Waals surface area contributed by atoms with Crippen molar-refractivity contribution in [3.05, 3.63) is 65.7 Å². The normalized spacial score (nSPS) is 11.6. The van der Waals surface area contributed by atoms with E-state index in [1.54, 1.807) is 0 Å². The van der Waals surface area contributed by atoms with Gasteiger partial charge in [0.1, 0.15) is 0 Å². The fourth-order valence-corrected chi connectivity index (χ4v) is 1.95. The lowest BCUT2D eigenvalue weighted by molar-refractivity contribution is 0.740. The Bertz CT molecular complexity index is 538. The van der Waals surface area contributed by atoms with E-state index in [-0.39, 0.29) is 0 Å². The summed E-state index contributed by atoms with van der Waals surface area (Å²) in [7, 11) is 2.07. The highest BCUT2D eigenvalue weighted by atomic mass is 15.1. The van der Waals surface area contributed by atoms with Gasteiger partial charge in [-0.3, -0.25) is 0 Å². The molecule has 0 amide bonds. The van der Waals surface area contributed by atoms with Gasteiger partial charge in [0.05, 0.1) is 17.7 Å². The van der Waals surface area contributed by atoms with Crippen molar-refractivity contribution in [2.45, 2.75) is 13.0 Å². The van der Waals surface area contributed by atoms with Gasteiger partial charge in [-0.05, 0) is 36.8 Å². The Kier molecular flexibility index (Phi) is 3.64. The zero-order valence-electron chi connectivity index (χ0n) is 10.7. The van der Waals surface area contributed by atoms with Gasteiger partial charge in [0.2, 0.25) is 0 Å². The van der Waals surface area contributed by atoms with Gasteiger partial charge in [0.25, 0.3) is 0 Å². The standard InChI is InChI=1S/C16H16N2/c1-13(15-6-4-3-5-7-15)18(2)16-10-8-14(12-17)9-11-16/h3-11,13H,1-2H3/t13-/m1/s1. The van der Waals surface area contributed by atoms with Crippen LogP contribution in [-0.2, 0) is 0 Å². The molecule has 2 heteroatoms. The van der Waals surface area contributed by atoms with E-state index in [1.807, 2.05) is 30.3 Å². The first kappa shape index (κ1) is 12.2. The molecule has 2 aromatic rings. The number of anilines is 1. The summed E-state index contributed by atoms with van der Waals surface area (Å²) in [6.07, 6.45) is 0. The van der Waals surface area contributed by atoms with E-state index in [4.69, 9.17) is 5.26 Å². The first-order chi connectivity index (χ1) is 8.72. The number of benzene rings is 2. The highest BCUT2D eigenvalue weighted by Crippen LogP contribution is 2.25. The first-order valence-electron chi connectivity index (χ1n) is 6.00. The summed E-state index contributed by atoms with van der Waals surface area (Å²) in [5.41, 5.74) is 3.09. The summed E-state index contributed by atoms with van der Waals surface area (Å²) in [5.74, 6) is 0. The highest BCUT2D eigenvalue weighted by Gasteiger charge is 2.11. The van der Waals surface area contributed by atoms with Gasteiger partial charge in [-0.25, -0.2) is 0 Å². The van der Waals surface area contributed by atoms with Crippen LogP contribution in [0, 0.1) is 11.3 Å². The lowest BCUT2D eigenvalue weighted by Gasteiger charge is -2.27. The van der Waals surface area contributed by atoms with Gasteiger partial charge in [-0.2, -0.15) is 5.26 Å². The van der Waals surface area contributed by atoms with Crippen molar-refractivity contribution in [1.29, 1.82) is 5.26 Å². The van der Waals surface area contributed by atoms with Crippen LogP contribution in [0.25, 0.3) is 0 Å². The predicted octanol–water partition coefficient (Wildman–Crippen LogP) is 3.76. The highest BCUT2D eigenvalue weighted by molar-refractivity contribution is 5.50. The number of nitrogens with zero attached hydrogens (tertiary/aromatic N) is 2. The summed E-state index contributed by atoms with van der Waals surface area (Å²) in [4.78, 5) is 2.20. The monoisotopic (exact) mass is 236 g/mol. The first-order valence-corrected chi connectivity index (χ1v) is 6.00. The van der Waals surface area contributed by atoms with Crippen LogP contribution in [0.5, 0.6) is 0 Å². The molecule has 0 saturated heterocycles. The molecule has 2 rings (SSSR count). The number of hydrogen-bond acceptors (Lipinski definition) is 2. The fourth-order valence-electron chi connectivity index (χ4n) is 1.95. The summed E-state index contributed by atoms with van der Waals surface area (Å²) in [5, 5.41) is 8.79. The van der Waals surface area contributed by atoms with Crippen molar-refractivity contribution in [3.8, 4) is 6.07 Å². The third-order valence-electron chi connectivity index (χ3n) is 3.27. The van der Waals surface area contributed by atoms with Gasteiger partial charge >= 0.3 is 0 Å². The quantitative estimate of drug-likeness (QED) is 0.811. The van der Waals surface area contributed by atoms with Crippen LogP contribution < -0.4 is 4.90 Å². The molecule has 0 aliphatic heterocycles. The Morgan fingerprint density at radius 1 is 1.00 bits per heavy atom. The Morgan fingerprint density at radius 3 is 2.17 bits per heavy atom. The van der Waals surface area contributed by atoms with E-state index in [0.717, 1.165) is 5.69 Å². The second-order valence-corrected chi connectivity index (χ2v) is 4.36. The number of hydrogen-bond donors (Lipinski definition) is 0. The molecule has 2 aromatic carbocycles. The van der Waals surface area contributed by atoms with E-state index in [9.17, 15) is 0 Å². The molecule has 0 fully saturated rings. The summed E-state index contributed by atoms with van der Waals surface area (Å²) in [6, 6.07) is 20.5. The minimum Gasteiger partial charge on any atom is -0.368 e. The molecule has 0 unspecified atom stereocenters. The molecule has 0 aliphatic rings. The molecular formula is C16H16N2. The average molecular weight is 236 g/mol. The van der Waals surface area contributed by atoms with Crippen molar-refractivity contribution in [1.82, 2.24) is 0 Å². The molecule has 0 saturated carbocycles. The van der Waals surface area contributed by atoms with Gasteiger partial charge in [0, 0.05) is 12.7 Å². The van der Waals surface area contributed by atoms with Crippen LogP contribution in [-0.4, -0.2) is 7.05 Å². The predicted molar refractivity (Wildman–Crippen MR) is 74.4 cm³/mol. The molecule has 18 heavy (non-hydrogen) atoms. The molecule has 0 bridgehead atoms. The fraction of sp³-hybridized carbons (Fsp3) is 0.188. The van der Waals surface area contributed by atoms with Crippen LogP contribution in [0.4, 0.5) is 5.69 Å². The zero-order chi connectivity index (χ0) is 13.0. The Hall–Kier alpha value is -2.27. The number of rotatable bonds is 3. The molecule has 0 heterocycles. The zero-order valence-corrected chi connectivity index (χ0v) is 10.7. The van der Waals surface area contributed by atoms with Gasteiger partial charge < -0.3 is 4.90 Å². The minimum atomic E-state index is 0.305. The maximum Gasteiger partial charge on any atom is 0.0991 e. The topological polar surface area (TPSA) is 27.0 Å². The van der Waals surface area contributed by atoms with Crippen LogP contribution >= 0.6 is 0 Å². The smallest absolute Gasteiger partial charge is 0.0991 e. The van der Waals surface area contributed by atoms with Gasteiger partial charge in [0.15, 0.2) is 0 Å². The summed E-state index contributed by atoms with van der Waals surface area (Å²) < 4.78 is 0. The van der Waals surface area contributed by atoms with Crippen molar-refractivity contribution >= 4 is 5.69 Å². The molecule has 2 nitrogen and oxygen atoms in total. The Labute approximate surface area is 108 Å². The summed E-state index contributed by atoms with van der Waals surface area (Å²) in [6.45, 7) is 2.17. The minimum absolute atomic E-state index is 0.305. The second kappa shape index (κ2) is 5.37. The van der Waals surface area contributed by atoms with E-state index in [2.05, 4.69) is 49.2 Å². The molecule has 90 valence electrons. The SMILES string of the molecule is C[C@H](c1ccccc1)N(C)c1ccc(C#N)cc1. The lowest BCUT2D eigenvalue weighted by atomic mass is 10.1. The van der Waals surface area contributed by atoms with E-state index in [0.29, 0.717) is 11.6 Å². The third-order valence-corrected chi connectivity index (χ3v) is 3.27. The van der Waals surface area contributed by atoms with E-state index in [1.165, 1.54) is 5.56 Å². The van der Waals surface area contributed by atoms with E-state index < -0.39 is 0 Å². The van der Waals surface area contributed by atoms with E-state index >= 15 is 0 Å². The molecule has 1 atom stereocenters. The molecule has 0 aliphatic carbocycles. The van der Waals surface area contributed by atoms with Crippen LogP contribution in [0.15, 0.2) is 54.6 Å². The molecule has 0 spiro atoms. The van der Waals surface area contributed by atoms with Crippen LogP contribution in [0.3, 0.4) is 0 Å². The maximum absolute atomic E-state index is 8.79. The number of nitriles is 1. The van der Waals surface area contributed by atoms with Crippen molar-refractivity contribution < 1.29 is 0 Å². The van der Waals surface area contributed by atoms with Crippen molar-refractivity contribution in [2.75, 3.05) is 11.9 Å². The Balaban J connectivity index is 2.20.